The maximum absolute atomic E-state index is 12.6. The molecular weight excluding hydrogens is 602 g/mol. The highest BCUT2D eigenvalue weighted by molar-refractivity contribution is 5.94. The molecule has 0 radical (unpaired) electrons. The van der Waals surface area contributed by atoms with Crippen molar-refractivity contribution in [1.82, 2.24) is 25.8 Å². The molecule has 2 amide bonds. The number of carbonyl (C=O) groups is 3. The normalized spacial score (nSPS) is 15.4. The summed E-state index contributed by atoms with van der Waals surface area (Å²) < 4.78 is 4.53. The maximum Gasteiger partial charge on any atom is 0.330 e. The van der Waals surface area contributed by atoms with Gasteiger partial charge in [-0.2, -0.15) is 0 Å². The lowest BCUT2D eigenvalue weighted by Gasteiger charge is -2.30. The molecule has 1 aliphatic heterocycles. The van der Waals surface area contributed by atoms with Gasteiger partial charge in [-0.25, -0.2) is 4.79 Å². The number of ether oxygens (including phenoxy) is 1. The van der Waals surface area contributed by atoms with Crippen molar-refractivity contribution < 1.29 is 19.1 Å². The van der Waals surface area contributed by atoms with Crippen LogP contribution in [0.2, 0.25) is 0 Å². The number of nitrogens with zero attached hydrogens (tertiary/aromatic N) is 2. The van der Waals surface area contributed by atoms with Gasteiger partial charge in [0.25, 0.3) is 0 Å². The van der Waals surface area contributed by atoms with Crippen molar-refractivity contribution in [2.24, 2.45) is 0 Å². The zero-order valence-corrected chi connectivity index (χ0v) is 29.9. The summed E-state index contributed by atoms with van der Waals surface area (Å²) in [7, 11) is 1.27. The Hall–Kier alpha value is -3.53. The first-order valence-electron chi connectivity index (χ1n) is 17.8. The molecule has 0 aromatic carbocycles. The number of amides is 2. The lowest BCUT2D eigenvalue weighted by molar-refractivity contribution is -0.135. The van der Waals surface area contributed by atoms with Crippen molar-refractivity contribution >= 4 is 17.8 Å². The summed E-state index contributed by atoms with van der Waals surface area (Å²) in [5.41, 5.74) is 0. The van der Waals surface area contributed by atoms with Crippen LogP contribution in [0, 0.1) is 0 Å². The molecule has 0 aliphatic carbocycles. The molecule has 0 bridgehead atoms. The minimum atomic E-state index is -0.565. The van der Waals surface area contributed by atoms with Gasteiger partial charge in [-0.05, 0) is 71.4 Å². The number of allylic oxidation sites excluding steroid dienone is 12. The van der Waals surface area contributed by atoms with Gasteiger partial charge in [0, 0.05) is 70.4 Å². The number of nitrogens with one attached hydrogen (secondary N) is 3. The Labute approximate surface area is 291 Å². The Balaban J connectivity index is 2.29. The van der Waals surface area contributed by atoms with Crippen molar-refractivity contribution in [3.63, 3.8) is 0 Å². The van der Waals surface area contributed by atoms with Crippen LogP contribution >= 0.6 is 0 Å². The third kappa shape index (κ3) is 26.5. The van der Waals surface area contributed by atoms with Gasteiger partial charge in [0.05, 0.1) is 7.11 Å². The number of carbonyl (C=O) groups excluding carboxylic acids is 3. The topological polar surface area (TPSA) is 103 Å². The Morgan fingerprint density at radius 2 is 1.38 bits per heavy atom. The Bertz CT molecular complexity index is 1070. The minimum Gasteiger partial charge on any atom is -0.466 e. The van der Waals surface area contributed by atoms with Crippen molar-refractivity contribution in [2.75, 3.05) is 66.0 Å². The van der Waals surface area contributed by atoms with Crippen LogP contribution in [-0.2, 0) is 19.1 Å². The van der Waals surface area contributed by atoms with Gasteiger partial charge in [-0.1, -0.05) is 79.8 Å². The molecule has 1 unspecified atom stereocenters. The molecule has 0 aromatic rings. The van der Waals surface area contributed by atoms with Gasteiger partial charge >= 0.3 is 5.97 Å². The van der Waals surface area contributed by atoms with E-state index in [0.717, 1.165) is 90.3 Å². The van der Waals surface area contributed by atoms with E-state index in [0.29, 0.717) is 32.5 Å². The summed E-state index contributed by atoms with van der Waals surface area (Å²) in [6, 6.07) is -0.0168. The molecule has 1 atom stereocenters. The third-order valence-corrected chi connectivity index (χ3v) is 7.53. The van der Waals surface area contributed by atoms with Crippen LogP contribution in [0.3, 0.4) is 0 Å². The van der Waals surface area contributed by atoms with Crippen LogP contribution in [0.5, 0.6) is 0 Å². The summed E-state index contributed by atoms with van der Waals surface area (Å²) in [6.45, 7) is 12.0. The van der Waals surface area contributed by atoms with Gasteiger partial charge in [0.2, 0.25) is 11.8 Å². The van der Waals surface area contributed by atoms with Crippen LogP contribution < -0.4 is 16.0 Å². The lowest BCUT2D eigenvalue weighted by Crippen LogP contribution is -2.46. The molecule has 268 valence electrons. The van der Waals surface area contributed by atoms with Gasteiger partial charge in [-0.15, -0.1) is 0 Å². The lowest BCUT2D eigenvalue weighted by atomic mass is 10.2. The second kappa shape index (κ2) is 30.8. The van der Waals surface area contributed by atoms with Crippen molar-refractivity contribution in [2.45, 2.75) is 77.7 Å². The van der Waals surface area contributed by atoms with E-state index in [1.165, 1.54) is 13.2 Å². The molecule has 9 nitrogen and oxygen atoms in total. The number of esters is 1. The van der Waals surface area contributed by atoms with Crippen molar-refractivity contribution in [3.8, 4) is 0 Å². The quantitative estimate of drug-likeness (QED) is 0.0645. The summed E-state index contributed by atoms with van der Waals surface area (Å²) in [5.74, 6) is -0.856. The smallest absolute Gasteiger partial charge is 0.330 e. The zero-order chi connectivity index (χ0) is 34.9. The molecule has 48 heavy (non-hydrogen) atoms. The highest BCUT2D eigenvalue weighted by atomic mass is 16.5. The zero-order valence-electron chi connectivity index (χ0n) is 29.9. The van der Waals surface area contributed by atoms with E-state index in [1.54, 1.807) is 0 Å². The van der Waals surface area contributed by atoms with E-state index < -0.39 is 5.97 Å². The van der Waals surface area contributed by atoms with E-state index in [-0.39, 0.29) is 17.9 Å². The first-order chi connectivity index (χ1) is 23.4. The van der Waals surface area contributed by atoms with Crippen molar-refractivity contribution in [3.05, 3.63) is 85.1 Å². The molecule has 1 heterocycles. The average Bonchev–Trinajstić information content (AvgIpc) is 3.08. The highest BCUT2D eigenvalue weighted by Crippen LogP contribution is 2.02. The molecule has 0 spiro atoms. The number of hydrogen-bond donors (Lipinski definition) is 3. The molecule has 0 aromatic heterocycles. The predicted octanol–water partition coefficient (Wildman–Crippen LogP) is 5.41. The highest BCUT2D eigenvalue weighted by Gasteiger charge is 2.14. The van der Waals surface area contributed by atoms with Gasteiger partial charge in [-0.3, -0.25) is 14.5 Å². The molecule has 1 rings (SSSR count). The fourth-order valence-electron chi connectivity index (χ4n) is 4.99. The van der Waals surface area contributed by atoms with Crippen LogP contribution in [0.1, 0.15) is 71.6 Å². The van der Waals surface area contributed by atoms with E-state index >= 15 is 0 Å². The van der Waals surface area contributed by atoms with E-state index in [2.05, 4.69) is 110 Å². The van der Waals surface area contributed by atoms with E-state index in [4.69, 9.17) is 0 Å². The van der Waals surface area contributed by atoms with Gasteiger partial charge < -0.3 is 25.6 Å². The Morgan fingerprint density at radius 1 is 0.812 bits per heavy atom. The first kappa shape index (κ1) is 42.5. The number of hydrogen-bond acceptors (Lipinski definition) is 7. The fourth-order valence-corrected chi connectivity index (χ4v) is 4.99. The Morgan fingerprint density at radius 3 is 1.94 bits per heavy atom. The number of rotatable bonds is 26. The van der Waals surface area contributed by atoms with E-state index in [9.17, 15) is 14.4 Å². The number of piperazine rings is 1. The summed E-state index contributed by atoms with van der Waals surface area (Å²) in [5, 5.41) is 9.34. The molecule has 0 saturated carbocycles. The van der Waals surface area contributed by atoms with Crippen molar-refractivity contribution in [1.29, 1.82) is 0 Å². The Kier molecular flexibility index (Phi) is 27.2. The minimum absolute atomic E-state index is 0.0168. The molecular formula is C39H63N5O4. The maximum atomic E-state index is 12.6. The third-order valence-electron chi connectivity index (χ3n) is 7.53. The molecule has 1 fully saturated rings. The molecule has 3 N–H and O–H groups in total. The van der Waals surface area contributed by atoms with Crippen LogP contribution in [0.25, 0.3) is 0 Å². The predicted molar refractivity (Wildman–Crippen MR) is 200 cm³/mol. The summed E-state index contributed by atoms with van der Waals surface area (Å²) in [4.78, 5) is 40.6. The molecule has 9 heteroatoms. The van der Waals surface area contributed by atoms with Gasteiger partial charge in [0.1, 0.15) is 0 Å². The summed E-state index contributed by atoms with van der Waals surface area (Å²) in [6.07, 6.45) is 36.4. The largest absolute Gasteiger partial charge is 0.466 e. The molecule has 1 aliphatic rings. The summed E-state index contributed by atoms with van der Waals surface area (Å²) >= 11 is 0. The van der Waals surface area contributed by atoms with Crippen LogP contribution in [0.4, 0.5) is 0 Å². The SMILES string of the molecule is CCC=CCC=CCC=CCC=CCC=CCC=CCCC(=O)NC(C)CN(CCCN1CCNCC1)CCNC(=O)C=CC(=O)OC. The monoisotopic (exact) mass is 665 g/mol. The fraction of sp³-hybridized carbons (Fsp3) is 0.564. The number of methoxy groups -OCH3 is 1. The average molecular weight is 666 g/mol. The second-order valence-electron chi connectivity index (χ2n) is 11.8. The van der Waals surface area contributed by atoms with Crippen LogP contribution in [-0.4, -0.2) is 99.6 Å². The second-order valence-corrected chi connectivity index (χ2v) is 11.8. The van der Waals surface area contributed by atoms with Gasteiger partial charge in [0.15, 0.2) is 0 Å². The first-order valence-corrected chi connectivity index (χ1v) is 17.8. The molecule has 1 saturated heterocycles. The standard InChI is InChI=1S/C39H63N5O4/c1-4-5-6-7-8-9-10-11-12-13-14-15-16-17-18-19-20-21-22-24-38(46)42-36(2)35-44(31-23-30-43-32-27-40-28-33-43)34-29-41-37(45)25-26-39(47)48-3/h5-6,8-9,11-12,14-15,17-18,20-21,25-26,36,40H,4,7,10,13,16,19,22-24,27-35H2,1-3H3,(H,41,45)(H,42,46). The van der Waals surface area contributed by atoms with E-state index in [1.807, 2.05) is 6.92 Å². The van der Waals surface area contributed by atoms with Crippen LogP contribution in [0.15, 0.2) is 85.1 Å².